The number of hydrogen-bond acceptors (Lipinski definition) is 23. The van der Waals surface area contributed by atoms with Gasteiger partial charge in [-0.25, -0.2) is 14.4 Å². The van der Waals surface area contributed by atoms with Gasteiger partial charge in [-0.3, -0.25) is 57.7 Å². The maximum Gasteiger partial charge on any atom is 0.490 e. The molecule has 0 radical (unpaired) electrons. The molecule has 1 saturated heterocycles. The Morgan fingerprint density at radius 2 is 1.10 bits per heavy atom. The van der Waals surface area contributed by atoms with Crippen molar-refractivity contribution >= 4 is 88.8 Å². The van der Waals surface area contributed by atoms with Gasteiger partial charge in [-0.2, -0.15) is 26.3 Å². The van der Waals surface area contributed by atoms with Crippen molar-refractivity contribution in [1.82, 2.24) is 53.2 Å². The second-order valence-electron chi connectivity index (χ2n) is 27.2. The van der Waals surface area contributed by atoms with Gasteiger partial charge in [0.1, 0.15) is 54.4 Å². The summed E-state index contributed by atoms with van der Waals surface area (Å²) in [6.07, 6.45) is -18.5. The van der Waals surface area contributed by atoms with Crippen LogP contribution in [0.4, 0.5) is 26.3 Å². The van der Waals surface area contributed by atoms with Gasteiger partial charge in [0, 0.05) is 6.54 Å². The molecule has 2 rings (SSSR count). The second kappa shape index (κ2) is 45.2. The van der Waals surface area contributed by atoms with E-state index in [4.69, 9.17) is 56.9 Å². The van der Waals surface area contributed by atoms with Crippen LogP contribution in [0.15, 0.2) is 35.3 Å². The molecule has 1 fully saturated rings. The van der Waals surface area contributed by atoms with Crippen LogP contribution in [0.3, 0.4) is 0 Å². The number of carbonyl (C=O) groups excluding carboxylic acids is 12. The largest absolute Gasteiger partial charge is 0.490 e. The molecule has 15 atom stereocenters. The van der Waals surface area contributed by atoms with Crippen molar-refractivity contribution in [1.29, 1.82) is 0 Å². The number of cyclic esters (lactones) is 1. The van der Waals surface area contributed by atoms with Gasteiger partial charge in [0.15, 0.2) is 24.2 Å². The van der Waals surface area contributed by atoms with Crippen molar-refractivity contribution in [3.8, 4) is 0 Å². The van der Waals surface area contributed by atoms with Gasteiger partial charge < -0.3 is 121 Å². The molecule has 11 amide bonds. The van der Waals surface area contributed by atoms with E-state index < -0.39 is 229 Å². The lowest BCUT2D eigenvalue weighted by molar-refractivity contribution is -0.193. The fourth-order valence-electron chi connectivity index (χ4n) is 8.86. The Kier molecular flexibility index (Phi) is 41.2. The Morgan fingerprint density at radius 3 is 1.56 bits per heavy atom. The molecule has 1 heterocycles. The Hall–Kier alpha value is -9.63. The number of nitrogens with one attached hydrogen (secondary N) is 10. The quantitative estimate of drug-likeness (QED) is 0.0161. The molecular formula is C64H103F6N15O23. The highest BCUT2D eigenvalue weighted by molar-refractivity contribution is 6.00. The first-order valence-corrected chi connectivity index (χ1v) is 33.4. The summed E-state index contributed by atoms with van der Waals surface area (Å²) < 4.78 is 81.0. The third-order valence-electron chi connectivity index (χ3n) is 14.9. The van der Waals surface area contributed by atoms with Crippen LogP contribution in [0.25, 0.3) is 0 Å². The number of aliphatic hydroxyl groups excluding tert-OH is 4. The van der Waals surface area contributed by atoms with Crippen LogP contribution < -0.4 is 76.1 Å². The predicted octanol–water partition coefficient (Wildman–Crippen LogP) is -4.63. The first-order valence-electron chi connectivity index (χ1n) is 33.4. The second-order valence-corrected chi connectivity index (χ2v) is 27.2. The highest BCUT2D eigenvalue weighted by atomic mass is 19.4. The molecule has 38 nitrogen and oxygen atoms in total. The first kappa shape index (κ1) is 98.4. The fourth-order valence-corrected chi connectivity index (χ4v) is 8.86. The van der Waals surface area contributed by atoms with Crippen LogP contribution in [-0.4, -0.2) is 255 Å². The van der Waals surface area contributed by atoms with Gasteiger partial charge in [0.05, 0.1) is 49.8 Å². The van der Waals surface area contributed by atoms with Crippen LogP contribution in [0.5, 0.6) is 0 Å². The summed E-state index contributed by atoms with van der Waals surface area (Å²) in [7, 11) is 0. The number of halogens is 6. The highest BCUT2D eigenvalue weighted by Gasteiger charge is 2.45. The van der Waals surface area contributed by atoms with E-state index in [1.165, 1.54) is 44.2 Å². The number of carbonyl (C=O) groups is 14. The van der Waals surface area contributed by atoms with Crippen molar-refractivity contribution in [3.05, 3.63) is 35.9 Å². The Labute approximate surface area is 617 Å². The molecule has 1 aliphatic rings. The molecule has 0 aliphatic carbocycles. The van der Waals surface area contributed by atoms with E-state index >= 15 is 4.79 Å². The lowest BCUT2D eigenvalue weighted by atomic mass is 9.95. The number of amides is 11. The van der Waals surface area contributed by atoms with Gasteiger partial charge in [-0.15, -0.1) is 0 Å². The Bertz CT molecular complexity index is 3200. The number of carboxylic acid groups (broad SMARTS) is 2. The third kappa shape index (κ3) is 36.8. The minimum Gasteiger partial charge on any atom is -0.475 e. The summed E-state index contributed by atoms with van der Waals surface area (Å²) in [5, 5.41) is 82.2. The number of rotatable bonds is 23. The van der Waals surface area contributed by atoms with Gasteiger partial charge >= 0.3 is 30.3 Å². The molecule has 0 bridgehead atoms. The number of alkyl halides is 6. The number of guanidine groups is 1. The summed E-state index contributed by atoms with van der Waals surface area (Å²) in [4.78, 5) is 192. The van der Waals surface area contributed by atoms with Crippen molar-refractivity contribution in [2.24, 2.45) is 45.7 Å². The van der Waals surface area contributed by atoms with Gasteiger partial charge in [-0.05, 0) is 91.0 Å². The number of aliphatic imine (C=N–C) groups is 1. The summed E-state index contributed by atoms with van der Waals surface area (Å²) in [5.41, 5.74) is 20.8. The zero-order chi connectivity index (χ0) is 83.9. The standard InChI is InChI=1S/C60H101N15O19.2C2HF3O2/c1-14-30(6)39-53(87)73-40(31(7)77)52(86)66-24-38(78)71-42(45(80)47(62)81)55(89)69-36(25-76)57(91)94-46(32-19-16-15-17-20-32)43(75-51(85)37(27-93-60(11,12)13)70-48(82)33(61)26-92-59(8,9)10)56(90)74-41(44(79)29(4)5)54(88)68-35(23-28(2)3)50(84)67-34(49(83)72-39)21-18-22-65-58(63)64;2*3-2(4,5)1(6)7/h15-17,19-20,28-31,33-37,39-46,76-77,79-80H,14,18,21-27,61H2,1-13H3,(H2,62,81)(H,66,86)(H,67,84)(H,68,88)(H,69,89)(H,70,82)(H,71,78)(H,72,83)(H,73,87)(H,74,90)(H,75,85)(H4,63,64,65);2*(H,6,7)/t30-,31-,33+,34+,35-,36-,37-,39?,40-,41-,42-,43-,44+,45-,46+;;/m0../s1. The molecule has 1 aromatic carbocycles. The average molecular weight is 1560 g/mol. The van der Waals surface area contributed by atoms with Gasteiger partial charge in [0.25, 0.3) is 0 Å². The van der Waals surface area contributed by atoms with Crippen LogP contribution in [0, 0.1) is 17.8 Å². The molecular weight excluding hydrogens is 1460 g/mol. The average Bonchev–Trinajstić information content (AvgIpc) is 0.817. The number of ether oxygens (including phenoxy) is 3. The van der Waals surface area contributed by atoms with E-state index in [1.54, 1.807) is 69.2 Å². The fraction of sp³-hybridized carbons (Fsp3) is 0.672. The summed E-state index contributed by atoms with van der Waals surface area (Å²) in [6.45, 7) is 17.2. The number of nitrogens with two attached hydrogens (primary N) is 4. The third-order valence-corrected chi connectivity index (χ3v) is 14.9. The molecule has 1 unspecified atom stereocenters. The number of aliphatic hydroxyl groups is 4. The van der Waals surface area contributed by atoms with E-state index in [2.05, 4.69) is 47.5 Å². The lowest BCUT2D eigenvalue weighted by Crippen LogP contribution is -2.64. The number of aliphatic carboxylic acids is 2. The molecule has 44 heteroatoms. The molecule has 614 valence electrons. The van der Waals surface area contributed by atoms with Crippen molar-refractivity contribution in [2.45, 2.75) is 224 Å². The van der Waals surface area contributed by atoms with Crippen molar-refractivity contribution in [3.63, 3.8) is 0 Å². The molecule has 0 spiro atoms. The molecule has 1 aliphatic heterocycles. The smallest absolute Gasteiger partial charge is 0.475 e. The molecule has 0 saturated carbocycles. The molecule has 108 heavy (non-hydrogen) atoms. The Morgan fingerprint density at radius 1 is 0.630 bits per heavy atom. The first-order chi connectivity index (χ1) is 49.5. The number of primary amides is 1. The van der Waals surface area contributed by atoms with Gasteiger partial charge in [0.2, 0.25) is 65.0 Å². The summed E-state index contributed by atoms with van der Waals surface area (Å²) in [5.74, 6) is -23.0. The number of nitrogens with zero attached hydrogens (tertiary/aromatic N) is 1. The maximum atomic E-state index is 15.4. The number of benzene rings is 1. The maximum absolute atomic E-state index is 15.4. The highest BCUT2D eigenvalue weighted by Crippen LogP contribution is 2.25. The topological polar surface area (TPSA) is 625 Å². The van der Waals surface area contributed by atoms with Gasteiger partial charge in [-0.1, -0.05) is 78.3 Å². The van der Waals surface area contributed by atoms with E-state index in [0.717, 1.165) is 6.92 Å². The minimum absolute atomic E-state index is 0.0332. The zero-order valence-electron chi connectivity index (χ0n) is 61.7. The number of carboxylic acids is 2. The zero-order valence-corrected chi connectivity index (χ0v) is 61.7. The van der Waals surface area contributed by atoms with Crippen LogP contribution in [0.1, 0.15) is 127 Å². The lowest BCUT2D eigenvalue weighted by Gasteiger charge is -2.34. The van der Waals surface area contributed by atoms with Crippen LogP contribution >= 0.6 is 0 Å². The molecule has 24 N–H and O–H groups in total. The van der Waals surface area contributed by atoms with Crippen molar-refractivity contribution in [2.75, 3.05) is 32.9 Å². The summed E-state index contributed by atoms with van der Waals surface area (Å²) in [6, 6.07) is -11.7. The van der Waals surface area contributed by atoms with Crippen molar-refractivity contribution < 1.29 is 138 Å². The normalized spacial score (nSPS) is 22.7. The van der Waals surface area contributed by atoms with Crippen LogP contribution in [-0.2, 0) is 81.3 Å². The van der Waals surface area contributed by atoms with E-state index in [9.17, 15) is 99.5 Å². The minimum atomic E-state index is -5.08. The molecule has 1 aromatic rings. The van der Waals surface area contributed by atoms with E-state index in [1.807, 2.05) is 10.6 Å². The van der Waals surface area contributed by atoms with E-state index in [0.29, 0.717) is 0 Å². The Balaban J connectivity index is 0.00000739. The van der Waals surface area contributed by atoms with E-state index in [-0.39, 0.29) is 50.4 Å². The predicted molar refractivity (Wildman–Crippen MR) is 366 cm³/mol. The number of hydrogen-bond donors (Lipinski definition) is 20. The molecule has 0 aromatic heterocycles. The SMILES string of the molecule is CC[C@H](C)C1NC(=O)[C@@H](CCCN=C(N)N)NC(=O)[C@H](CC(C)C)NC(=O)[C@H]([C@H](O)C(C)C)NC(=O)[C@@H](NC(=O)[C@H](COC(C)(C)C)NC(=O)[C@H](N)COC(C)(C)C)[C@@H](c2ccccc2)OC(=O)[C@H](CO)NC(=O)[C@H]([C@H](O)C(N)=O)NC(=O)CNC(=O)[C@H]([C@H](C)O)NC1=O.O=C(O)C(F)(F)F.O=C(O)C(F)(F)F. The summed E-state index contributed by atoms with van der Waals surface area (Å²) >= 11 is 0. The number of esters is 1. The van der Waals surface area contributed by atoms with Crippen LogP contribution in [0.2, 0.25) is 0 Å². The monoisotopic (exact) mass is 1560 g/mol.